The third-order valence-corrected chi connectivity index (χ3v) is 9.09. The number of allylic oxidation sites excluding steroid dienone is 1. The molecule has 5 saturated carbocycles. The van der Waals surface area contributed by atoms with E-state index in [1.54, 1.807) is 6.92 Å². The lowest BCUT2D eigenvalue weighted by Gasteiger charge is -2.49. The minimum absolute atomic E-state index is 0.0541. The number of carboxylic acid groups (broad SMARTS) is 1. The van der Waals surface area contributed by atoms with E-state index in [0.717, 1.165) is 31.3 Å². The molecule has 0 aromatic carbocycles. The van der Waals surface area contributed by atoms with Crippen molar-refractivity contribution in [2.45, 2.75) is 57.7 Å². The first kappa shape index (κ1) is 16.0. The average molecular weight is 346 g/mol. The molecular formula is C20H26O5. The number of carboxylic acids is 1. The number of Topliss-reactive ketones (excluding diaryl/α,β-unsaturated/α-hetero) is 1. The van der Waals surface area contributed by atoms with Gasteiger partial charge < -0.3 is 15.3 Å². The molecule has 25 heavy (non-hydrogen) atoms. The van der Waals surface area contributed by atoms with Crippen LogP contribution in [0.4, 0.5) is 0 Å². The Morgan fingerprint density at radius 2 is 1.88 bits per heavy atom. The van der Waals surface area contributed by atoms with Gasteiger partial charge in [-0.2, -0.15) is 0 Å². The summed E-state index contributed by atoms with van der Waals surface area (Å²) in [4.78, 5) is 25.4. The Kier molecular flexibility index (Phi) is 2.80. The Labute approximate surface area is 147 Å². The van der Waals surface area contributed by atoms with Crippen molar-refractivity contribution in [2.75, 3.05) is 0 Å². The van der Waals surface area contributed by atoms with Crippen LogP contribution in [0.5, 0.6) is 0 Å². The predicted molar refractivity (Wildman–Crippen MR) is 88.4 cm³/mol. The fourth-order valence-corrected chi connectivity index (χ4v) is 8.48. The van der Waals surface area contributed by atoms with Gasteiger partial charge in [0.1, 0.15) is 5.78 Å². The Hall–Kier alpha value is -1.20. The smallest absolute Gasteiger partial charge is 0.307 e. The summed E-state index contributed by atoms with van der Waals surface area (Å²) in [6.07, 6.45) is 2.06. The minimum Gasteiger partial charge on any atom is -0.481 e. The molecule has 0 heterocycles. The summed E-state index contributed by atoms with van der Waals surface area (Å²) in [5, 5.41) is 31.5. The van der Waals surface area contributed by atoms with Gasteiger partial charge in [0.05, 0.1) is 23.5 Å². The fraction of sp³-hybridized carbons (Fsp3) is 0.800. The van der Waals surface area contributed by atoms with Crippen LogP contribution in [0, 0.1) is 39.9 Å². The monoisotopic (exact) mass is 346 g/mol. The lowest BCUT2D eigenvalue weighted by molar-refractivity contribution is -0.168. The minimum atomic E-state index is -1.17. The number of aliphatic hydroxyl groups is 2. The van der Waals surface area contributed by atoms with Gasteiger partial charge in [0.25, 0.3) is 0 Å². The molecule has 0 aliphatic heterocycles. The number of hydrogen-bond acceptors (Lipinski definition) is 4. The number of fused-ring (bicyclic) bond motifs is 1. The van der Waals surface area contributed by atoms with E-state index in [1.807, 2.05) is 0 Å². The molecule has 0 aromatic rings. The van der Waals surface area contributed by atoms with Crippen molar-refractivity contribution in [3.8, 4) is 0 Å². The van der Waals surface area contributed by atoms with Crippen LogP contribution in [-0.2, 0) is 9.59 Å². The number of aliphatic carboxylic acids is 1. The van der Waals surface area contributed by atoms with E-state index in [2.05, 4.69) is 6.58 Å². The molecular weight excluding hydrogens is 320 g/mol. The highest BCUT2D eigenvalue weighted by Crippen LogP contribution is 2.81. The van der Waals surface area contributed by atoms with E-state index in [4.69, 9.17) is 0 Å². The van der Waals surface area contributed by atoms with Gasteiger partial charge in [-0.15, -0.1) is 0 Å². The van der Waals surface area contributed by atoms with E-state index in [1.165, 1.54) is 0 Å². The molecule has 5 nitrogen and oxygen atoms in total. The highest BCUT2D eigenvalue weighted by atomic mass is 16.4. The second kappa shape index (κ2) is 4.37. The number of carbonyl (C=O) groups is 2. The molecule has 4 bridgehead atoms. The highest BCUT2D eigenvalue weighted by Gasteiger charge is 2.81. The van der Waals surface area contributed by atoms with Crippen LogP contribution in [0.3, 0.4) is 0 Å². The van der Waals surface area contributed by atoms with Crippen LogP contribution >= 0.6 is 0 Å². The third kappa shape index (κ3) is 1.47. The van der Waals surface area contributed by atoms with E-state index in [0.29, 0.717) is 18.8 Å². The van der Waals surface area contributed by atoms with Crippen molar-refractivity contribution in [3.05, 3.63) is 12.2 Å². The molecule has 3 N–H and O–H groups in total. The van der Waals surface area contributed by atoms with Crippen molar-refractivity contribution in [1.82, 2.24) is 0 Å². The SMILES string of the molecule is C=C1CC23CC1CCC2C12CC(=O)C(C)(C(O)C(O)C1)C2C3C(=O)O. The normalized spacial score (nSPS) is 59.0. The number of rotatable bonds is 1. The summed E-state index contributed by atoms with van der Waals surface area (Å²) >= 11 is 0. The predicted octanol–water partition coefficient (Wildman–Crippen LogP) is 1.77. The lowest BCUT2D eigenvalue weighted by Crippen LogP contribution is -2.56. The van der Waals surface area contributed by atoms with Crippen LogP contribution in [-0.4, -0.2) is 39.3 Å². The van der Waals surface area contributed by atoms with Gasteiger partial charge >= 0.3 is 5.97 Å². The zero-order valence-corrected chi connectivity index (χ0v) is 14.6. The first-order valence-corrected chi connectivity index (χ1v) is 9.48. The first-order chi connectivity index (χ1) is 11.7. The number of hydrogen-bond donors (Lipinski definition) is 3. The topological polar surface area (TPSA) is 94.8 Å². The van der Waals surface area contributed by atoms with Gasteiger partial charge in [-0.05, 0) is 67.6 Å². The molecule has 0 saturated heterocycles. The van der Waals surface area contributed by atoms with Gasteiger partial charge in [-0.3, -0.25) is 9.59 Å². The Morgan fingerprint density at radius 1 is 1.16 bits per heavy atom. The second-order valence-electron chi connectivity index (χ2n) is 9.72. The average Bonchev–Trinajstić information content (AvgIpc) is 3.00. The van der Waals surface area contributed by atoms with E-state index < -0.39 is 34.9 Å². The van der Waals surface area contributed by atoms with E-state index in [-0.39, 0.29) is 23.0 Å². The van der Waals surface area contributed by atoms with Crippen molar-refractivity contribution < 1.29 is 24.9 Å². The van der Waals surface area contributed by atoms with Crippen molar-refractivity contribution in [1.29, 1.82) is 0 Å². The van der Waals surface area contributed by atoms with Gasteiger partial charge in [-0.1, -0.05) is 12.2 Å². The van der Waals surface area contributed by atoms with Crippen LogP contribution < -0.4 is 0 Å². The third-order valence-electron chi connectivity index (χ3n) is 9.09. The summed E-state index contributed by atoms with van der Waals surface area (Å²) in [5.41, 5.74) is -0.797. The maximum Gasteiger partial charge on any atom is 0.307 e. The molecule has 5 aliphatic rings. The molecule has 9 unspecified atom stereocenters. The number of aliphatic hydroxyl groups excluding tert-OH is 2. The Morgan fingerprint density at radius 3 is 2.56 bits per heavy atom. The molecule has 5 rings (SSSR count). The maximum absolute atomic E-state index is 13.0. The molecule has 9 atom stereocenters. The number of carbonyl (C=O) groups excluding carboxylic acids is 1. The molecule has 0 radical (unpaired) electrons. The molecule has 5 heteroatoms. The Balaban J connectivity index is 1.76. The molecule has 0 aromatic heterocycles. The van der Waals surface area contributed by atoms with E-state index in [9.17, 15) is 24.9 Å². The summed E-state index contributed by atoms with van der Waals surface area (Å²) in [6, 6.07) is 0. The second-order valence-corrected chi connectivity index (χ2v) is 9.72. The van der Waals surface area contributed by atoms with Gasteiger partial charge in [0.2, 0.25) is 0 Å². The van der Waals surface area contributed by atoms with Crippen molar-refractivity contribution >= 4 is 11.8 Å². The highest BCUT2D eigenvalue weighted by molar-refractivity contribution is 5.91. The first-order valence-electron chi connectivity index (χ1n) is 9.48. The molecule has 136 valence electrons. The number of ketones is 1. The largest absolute Gasteiger partial charge is 0.481 e. The standard InChI is InChI=1S/C20H26O5/c1-9-5-19-6-10(9)3-4-12(19)20-7-11(21)16(23)18(2,13(22)8-20)15(20)14(19)17(24)25/h10-12,14-16,21,23H,1,3-8H2,2H3,(H,24,25). The van der Waals surface area contributed by atoms with E-state index >= 15 is 0 Å². The Bertz CT molecular complexity index is 715. The van der Waals surface area contributed by atoms with Gasteiger partial charge in [-0.25, -0.2) is 0 Å². The lowest BCUT2D eigenvalue weighted by atomic mass is 9.56. The van der Waals surface area contributed by atoms with Crippen LogP contribution in [0.15, 0.2) is 12.2 Å². The van der Waals surface area contributed by atoms with Crippen molar-refractivity contribution in [2.24, 2.45) is 39.9 Å². The van der Waals surface area contributed by atoms with Gasteiger partial charge in [0, 0.05) is 6.42 Å². The molecule has 5 aliphatic carbocycles. The zero-order chi connectivity index (χ0) is 17.9. The molecule has 0 amide bonds. The summed E-state index contributed by atoms with van der Waals surface area (Å²) in [7, 11) is 0. The van der Waals surface area contributed by atoms with Crippen molar-refractivity contribution in [3.63, 3.8) is 0 Å². The quantitative estimate of drug-likeness (QED) is 0.629. The summed E-state index contributed by atoms with van der Waals surface area (Å²) in [5.74, 6) is -1.37. The maximum atomic E-state index is 13.0. The zero-order valence-electron chi connectivity index (χ0n) is 14.6. The van der Waals surface area contributed by atoms with Gasteiger partial charge in [0.15, 0.2) is 0 Å². The summed E-state index contributed by atoms with van der Waals surface area (Å²) < 4.78 is 0. The van der Waals surface area contributed by atoms with Crippen LogP contribution in [0.2, 0.25) is 0 Å². The fourth-order valence-electron chi connectivity index (χ4n) is 8.48. The summed E-state index contributed by atoms with van der Waals surface area (Å²) in [6.45, 7) is 5.93. The van der Waals surface area contributed by atoms with Crippen LogP contribution in [0.25, 0.3) is 0 Å². The molecule has 1 spiro atoms. The molecule has 5 fully saturated rings. The van der Waals surface area contributed by atoms with Crippen LogP contribution in [0.1, 0.15) is 45.4 Å².